The first-order valence-electron chi connectivity index (χ1n) is 11.6. The third kappa shape index (κ3) is 2.07. The van der Waals surface area contributed by atoms with Crippen LogP contribution >= 0.6 is 0 Å². The Hall–Kier alpha value is -1.82. The van der Waals surface area contributed by atoms with Crippen LogP contribution in [0.25, 0.3) is 0 Å². The van der Waals surface area contributed by atoms with Gasteiger partial charge >= 0.3 is 5.97 Å². The first-order chi connectivity index (χ1) is 14.5. The van der Waals surface area contributed by atoms with E-state index in [1.165, 1.54) is 14.0 Å². The molecular weight excluding hydrogens is 408 g/mol. The molecule has 1 N–H and O–H groups in total. The molecule has 32 heavy (non-hydrogen) atoms. The topological polar surface area (TPSA) is 97.7 Å². The maximum atomic E-state index is 14.0. The fourth-order valence-corrected chi connectivity index (χ4v) is 8.84. The number of Topliss-reactive ketones (excluding diaryl/α,β-unsaturated/α-hetero) is 3. The highest BCUT2D eigenvalue weighted by Crippen LogP contribution is 2.76. The molecule has 7 atom stereocenters. The molecule has 0 aliphatic heterocycles. The summed E-state index contributed by atoms with van der Waals surface area (Å²) in [7, 11) is 1.24. The Balaban J connectivity index is 2.06. The van der Waals surface area contributed by atoms with E-state index in [4.69, 9.17) is 4.74 Å². The van der Waals surface area contributed by atoms with E-state index in [0.717, 1.165) is 0 Å². The van der Waals surface area contributed by atoms with Gasteiger partial charge in [0.05, 0.1) is 12.5 Å². The Morgan fingerprint density at radius 3 is 2.19 bits per heavy atom. The van der Waals surface area contributed by atoms with Gasteiger partial charge in [-0.2, -0.15) is 0 Å². The summed E-state index contributed by atoms with van der Waals surface area (Å²) in [4.78, 5) is 54.1. The van der Waals surface area contributed by atoms with Crippen molar-refractivity contribution >= 4 is 23.3 Å². The lowest BCUT2D eigenvalue weighted by molar-refractivity contribution is -0.205. The molecule has 6 nitrogen and oxygen atoms in total. The van der Waals surface area contributed by atoms with Crippen molar-refractivity contribution in [3.8, 4) is 0 Å². The highest BCUT2D eigenvalue weighted by atomic mass is 16.5. The predicted molar refractivity (Wildman–Crippen MR) is 117 cm³/mol. The molecule has 4 aliphatic rings. The van der Waals surface area contributed by atoms with Gasteiger partial charge in [0, 0.05) is 11.8 Å². The van der Waals surface area contributed by atoms with Crippen molar-refractivity contribution in [1.29, 1.82) is 0 Å². The Labute approximate surface area is 190 Å². The SMILES string of the molecule is COC(=O)[C@@]12C(=O)[C@@](C)(O)C(=O)[C@]1(C)C(C)=C[C@H]1[C@]3(C)CCC(=O)C(C)(C)[C@H]3CC[C@@]12C. The zero-order valence-electron chi connectivity index (χ0n) is 20.5. The third-order valence-corrected chi connectivity index (χ3v) is 10.6. The zero-order chi connectivity index (χ0) is 24.3. The van der Waals surface area contributed by atoms with Gasteiger partial charge in [0.1, 0.15) is 5.78 Å². The van der Waals surface area contributed by atoms with Crippen LogP contribution < -0.4 is 0 Å². The van der Waals surface area contributed by atoms with Gasteiger partial charge in [0.15, 0.2) is 22.6 Å². The Bertz CT molecular complexity index is 988. The molecule has 0 saturated heterocycles. The van der Waals surface area contributed by atoms with Crippen LogP contribution in [0.2, 0.25) is 0 Å². The summed E-state index contributed by atoms with van der Waals surface area (Å²) >= 11 is 0. The Morgan fingerprint density at radius 2 is 1.62 bits per heavy atom. The molecule has 0 heterocycles. The summed E-state index contributed by atoms with van der Waals surface area (Å²) < 4.78 is 5.26. The molecule has 0 amide bonds. The van der Waals surface area contributed by atoms with Crippen molar-refractivity contribution in [2.24, 2.45) is 38.9 Å². The number of allylic oxidation sites excluding steroid dienone is 2. The molecule has 0 spiro atoms. The quantitative estimate of drug-likeness (QED) is 0.378. The van der Waals surface area contributed by atoms with Crippen molar-refractivity contribution in [2.75, 3.05) is 7.11 Å². The standard InChI is InChI=1S/C26H36O6/c1-14-13-16-22(4)11-10-17(27)21(2,3)15(22)9-12-23(16,5)26(20(30)32-8)19(29)25(7,31)18(28)24(14,26)6/h13,15-16,31H,9-12H2,1-8H3/t15-,16+,22-,23+,24+,25+,26-/m1/s1. The highest BCUT2D eigenvalue weighted by Gasteiger charge is 2.85. The fraction of sp³-hybridized carbons (Fsp3) is 0.769. The first kappa shape index (κ1) is 23.3. The number of carbonyl (C=O) groups excluding carboxylic acids is 4. The van der Waals surface area contributed by atoms with E-state index in [2.05, 4.69) is 13.0 Å². The van der Waals surface area contributed by atoms with E-state index >= 15 is 0 Å². The summed E-state index contributed by atoms with van der Waals surface area (Å²) in [6.07, 6.45) is 4.33. The van der Waals surface area contributed by atoms with Crippen molar-refractivity contribution in [3.63, 3.8) is 0 Å². The van der Waals surface area contributed by atoms with Crippen LogP contribution in [-0.2, 0) is 23.9 Å². The minimum absolute atomic E-state index is 0.0881. The molecule has 4 rings (SSSR count). The van der Waals surface area contributed by atoms with Crippen LogP contribution in [0.4, 0.5) is 0 Å². The van der Waals surface area contributed by atoms with E-state index in [1.54, 1.807) is 13.8 Å². The van der Waals surface area contributed by atoms with Crippen LogP contribution in [0.15, 0.2) is 11.6 Å². The van der Waals surface area contributed by atoms with Gasteiger partial charge in [0.25, 0.3) is 0 Å². The number of rotatable bonds is 1. The molecule has 176 valence electrons. The average Bonchev–Trinajstić information content (AvgIpc) is 2.84. The van der Waals surface area contributed by atoms with E-state index in [9.17, 15) is 24.3 Å². The van der Waals surface area contributed by atoms with Crippen LogP contribution in [0, 0.1) is 38.9 Å². The number of fused-ring (bicyclic) bond motifs is 5. The number of aliphatic hydroxyl groups is 1. The average molecular weight is 445 g/mol. The summed E-state index contributed by atoms with van der Waals surface area (Å²) in [5.74, 6) is -2.02. The van der Waals surface area contributed by atoms with Gasteiger partial charge in [-0.15, -0.1) is 0 Å². The summed E-state index contributed by atoms with van der Waals surface area (Å²) in [5.41, 5.74) is -6.74. The highest BCUT2D eigenvalue weighted by molar-refractivity contribution is 6.30. The number of esters is 1. The number of hydrogen-bond donors (Lipinski definition) is 1. The molecule has 0 aromatic rings. The third-order valence-electron chi connectivity index (χ3n) is 10.6. The summed E-state index contributed by atoms with van der Waals surface area (Å²) in [6, 6.07) is 0. The van der Waals surface area contributed by atoms with Crippen LogP contribution in [0.5, 0.6) is 0 Å². The number of ether oxygens (including phenoxy) is 1. The Morgan fingerprint density at radius 1 is 1.03 bits per heavy atom. The predicted octanol–water partition coefficient (Wildman–Crippen LogP) is 3.44. The molecule has 0 radical (unpaired) electrons. The molecule has 0 unspecified atom stereocenters. The first-order valence-corrected chi connectivity index (χ1v) is 11.6. The van der Waals surface area contributed by atoms with Gasteiger partial charge in [-0.3, -0.25) is 19.2 Å². The van der Waals surface area contributed by atoms with E-state index in [1.807, 2.05) is 20.8 Å². The minimum Gasteiger partial charge on any atom is -0.468 e. The van der Waals surface area contributed by atoms with Crippen molar-refractivity contribution in [3.05, 3.63) is 11.6 Å². The second-order valence-electron chi connectivity index (χ2n) is 12.1. The second-order valence-corrected chi connectivity index (χ2v) is 12.1. The molecule has 3 fully saturated rings. The fourth-order valence-electron chi connectivity index (χ4n) is 8.84. The van der Waals surface area contributed by atoms with Crippen molar-refractivity contribution in [1.82, 2.24) is 0 Å². The van der Waals surface area contributed by atoms with Gasteiger partial charge in [-0.1, -0.05) is 39.3 Å². The minimum atomic E-state index is -2.27. The lowest BCUT2D eigenvalue weighted by atomic mass is 9.34. The molecule has 4 aliphatic carbocycles. The lowest BCUT2D eigenvalue weighted by Crippen LogP contribution is -2.69. The van der Waals surface area contributed by atoms with Crippen molar-refractivity contribution in [2.45, 2.75) is 79.8 Å². The summed E-state index contributed by atoms with van der Waals surface area (Å²) in [6.45, 7) is 12.7. The second kappa shape index (κ2) is 6.19. The van der Waals surface area contributed by atoms with Gasteiger partial charge < -0.3 is 9.84 Å². The van der Waals surface area contributed by atoms with Crippen molar-refractivity contribution < 1.29 is 29.0 Å². The largest absolute Gasteiger partial charge is 0.468 e. The molecule has 0 bridgehead atoms. The number of ketones is 3. The zero-order valence-corrected chi connectivity index (χ0v) is 20.5. The normalized spacial score (nSPS) is 49.7. The van der Waals surface area contributed by atoms with Gasteiger partial charge in [-0.25, -0.2) is 0 Å². The van der Waals surface area contributed by atoms with E-state index in [0.29, 0.717) is 31.3 Å². The maximum Gasteiger partial charge on any atom is 0.321 e. The molecular formula is C26H36O6. The number of carbonyl (C=O) groups is 4. The molecule has 3 saturated carbocycles. The van der Waals surface area contributed by atoms with Gasteiger partial charge in [0.2, 0.25) is 0 Å². The summed E-state index contributed by atoms with van der Waals surface area (Å²) in [5, 5.41) is 11.1. The van der Waals surface area contributed by atoms with Gasteiger partial charge in [-0.05, 0) is 62.7 Å². The van der Waals surface area contributed by atoms with Crippen LogP contribution in [0.3, 0.4) is 0 Å². The van der Waals surface area contributed by atoms with E-state index < -0.39 is 44.8 Å². The number of methoxy groups -OCH3 is 1. The smallest absolute Gasteiger partial charge is 0.321 e. The lowest BCUT2D eigenvalue weighted by Gasteiger charge is -2.67. The molecule has 0 aromatic heterocycles. The number of hydrogen-bond acceptors (Lipinski definition) is 6. The molecule has 6 heteroatoms. The van der Waals surface area contributed by atoms with Crippen LogP contribution in [0.1, 0.15) is 74.1 Å². The molecule has 0 aromatic carbocycles. The maximum absolute atomic E-state index is 14.0. The van der Waals surface area contributed by atoms with E-state index in [-0.39, 0.29) is 23.0 Å². The monoisotopic (exact) mass is 444 g/mol. The Kier molecular flexibility index (Phi) is 4.52. The van der Waals surface area contributed by atoms with Crippen LogP contribution in [-0.4, -0.2) is 41.1 Å².